The number of hydrogen-bond donors (Lipinski definition) is 1. The van der Waals surface area contributed by atoms with Crippen molar-refractivity contribution in [2.45, 2.75) is 34.6 Å². The first-order valence-electron chi connectivity index (χ1n) is 5.49. The molecule has 0 aliphatic carbocycles. The molecule has 2 heteroatoms. The van der Waals surface area contributed by atoms with Gasteiger partial charge in [-0.3, -0.25) is 0 Å². The van der Waals surface area contributed by atoms with Crippen LogP contribution < -0.4 is 5.90 Å². The van der Waals surface area contributed by atoms with E-state index < -0.39 is 0 Å². The largest absolute Gasteiger partial charge is 0.308 e. The Bertz CT molecular complexity index is 306. The summed E-state index contributed by atoms with van der Waals surface area (Å²) in [5.41, 5.74) is 5.06. The van der Waals surface area contributed by atoms with Crippen LogP contribution in [-0.4, -0.2) is 7.11 Å². The zero-order valence-electron chi connectivity index (χ0n) is 11.4. The van der Waals surface area contributed by atoms with Crippen molar-refractivity contribution in [3.05, 3.63) is 41.5 Å². The van der Waals surface area contributed by atoms with Crippen LogP contribution in [0, 0.1) is 13.8 Å². The van der Waals surface area contributed by atoms with E-state index in [1.807, 2.05) is 20.8 Å². The maximum atomic E-state index is 4.35. The zero-order valence-corrected chi connectivity index (χ0v) is 11.4. The van der Waals surface area contributed by atoms with Crippen LogP contribution in [0.5, 0.6) is 0 Å². The molecule has 92 valence electrons. The standard InChI is InChI=1S/C11H14.C2H6.CH5NO/c1-8(2)11-6-5-9(3)10(4)7-11;1-2;1-3-2/h5-7H,1H2,2-4H3;1-2H3;2H2,1H3. The molecule has 0 fully saturated rings. The SMILES string of the molecule is C=C(C)c1ccc(C)c(C)c1.CC.CON. The summed E-state index contributed by atoms with van der Waals surface area (Å²) in [6.45, 7) is 14.2. The third-order valence-corrected chi connectivity index (χ3v) is 2.00. The maximum absolute atomic E-state index is 4.35. The van der Waals surface area contributed by atoms with Crippen molar-refractivity contribution in [3.8, 4) is 0 Å². The molecule has 2 nitrogen and oxygen atoms in total. The van der Waals surface area contributed by atoms with Crippen molar-refractivity contribution >= 4 is 5.57 Å². The predicted molar refractivity (Wildman–Crippen MR) is 73.2 cm³/mol. The van der Waals surface area contributed by atoms with E-state index in [1.54, 1.807) is 0 Å². The summed E-state index contributed by atoms with van der Waals surface area (Å²) >= 11 is 0. The Morgan fingerprint density at radius 3 is 1.94 bits per heavy atom. The molecule has 0 bridgehead atoms. The molecule has 0 amide bonds. The van der Waals surface area contributed by atoms with Crippen molar-refractivity contribution in [1.82, 2.24) is 0 Å². The normalized spacial score (nSPS) is 8.19. The van der Waals surface area contributed by atoms with Crippen LogP contribution in [0.1, 0.15) is 37.5 Å². The van der Waals surface area contributed by atoms with E-state index in [-0.39, 0.29) is 0 Å². The highest BCUT2D eigenvalue weighted by atomic mass is 16.6. The van der Waals surface area contributed by atoms with E-state index in [4.69, 9.17) is 0 Å². The molecule has 0 aliphatic heterocycles. The van der Waals surface area contributed by atoms with Crippen molar-refractivity contribution in [1.29, 1.82) is 0 Å². The molecule has 0 saturated carbocycles. The highest BCUT2D eigenvalue weighted by Gasteiger charge is 1.95. The van der Waals surface area contributed by atoms with Gasteiger partial charge in [0, 0.05) is 0 Å². The first-order chi connectivity index (χ1) is 7.52. The number of allylic oxidation sites excluding steroid dienone is 1. The summed E-state index contributed by atoms with van der Waals surface area (Å²) in [5.74, 6) is 4.35. The fourth-order valence-electron chi connectivity index (χ4n) is 1.01. The summed E-state index contributed by atoms with van der Waals surface area (Å²) in [7, 11) is 1.40. The molecule has 0 atom stereocenters. The van der Waals surface area contributed by atoms with Crippen LogP contribution in [-0.2, 0) is 4.84 Å². The third kappa shape index (κ3) is 7.21. The van der Waals surface area contributed by atoms with Gasteiger partial charge in [-0.2, -0.15) is 0 Å². The molecule has 0 aromatic heterocycles. The van der Waals surface area contributed by atoms with Crippen molar-refractivity contribution in [3.63, 3.8) is 0 Å². The Kier molecular flexibility index (Phi) is 11.2. The van der Waals surface area contributed by atoms with Crippen molar-refractivity contribution < 1.29 is 4.84 Å². The maximum Gasteiger partial charge on any atom is 0.0569 e. The monoisotopic (exact) mass is 223 g/mol. The smallest absolute Gasteiger partial charge is 0.0569 e. The Balaban J connectivity index is 0. The lowest BCUT2D eigenvalue weighted by molar-refractivity contribution is 0.206. The lowest BCUT2D eigenvalue weighted by Gasteiger charge is -2.03. The van der Waals surface area contributed by atoms with Gasteiger partial charge >= 0.3 is 0 Å². The number of benzene rings is 1. The molecule has 0 unspecified atom stereocenters. The number of rotatable bonds is 1. The topological polar surface area (TPSA) is 35.2 Å². The van der Waals surface area contributed by atoms with Crippen LogP contribution in [0.15, 0.2) is 24.8 Å². The first-order valence-corrected chi connectivity index (χ1v) is 5.49. The van der Waals surface area contributed by atoms with Gasteiger partial charge in [0.05, 0.1) is 7.11 Å². The molecular weight excluding hydrogens is 198 g/mol. The summed E-state index contributed by atoms with van der Waals surface area (Å²) < 4.78 is 0. The Morgan fingerprint density at radius 2 is 1.62 bits per heavy atom. The average Bonchev–Trinajstić information content (AvgIpc) is 2.26. The zero-order chi connectivity index (χ0) is 13.1. The fourth-order valence-corrected chi connectivity index (χ4v) is 1.01. The number of hydrogen-bond acceptors (Lipinski definition) is 2. The lowest BCUT2D eigenvalue weighted by atomic mass is 10.0. The highest BCUT2D eigenvalue weighted by molar-refractivity contribution is 5.62. The summed E-state index contributed by atoms with van der Waals surface area (Å²) in [4.78, 5) is 3.75. The van der Waals surface area contributed by atoms with E-state index in [1.165, 1.54) is 23.8 Å². The summed E-state index contributed by atoms with van der Waals surface area (Å²) in [5, 5.41) is 0. The number of nitrogens with two attached hydrogens (primary N) is 1. The minimum atomic E-state index is 1.13. The average molecular weight is 223 g/mol. The Labute approximate surface area is 100 Å². The van der Waals surface area contributed by atoms with Gasteiger partial charge in [-0.15, -0.1) is 0 Å². The minimum Gasteiger partial charge on any atom is -0.308 e. The fraction of sp³-hybridized carbons (Fsp3) is 0.429. The minimum absolute atomic E-state index is 1.13. The second-order valence-electron chi connectivity index (χ2n) is 3.32. The third-order valence-electron chi connectivity index (χ3n) is 2.00. The van der Waals surface area contributed by atoms with E-state index in [9.17, 15) is 0 Å². The van der Waals surface area contributed by atoms with E-state index >= 15 is 0 Å². The number of aryl methyl sites for hydroxylation is 2. The van der Waals surface area contributed by atoms with E-state index in [0.29, 0.717) is 0 Å². The van der Waals surface area contributed by atoms with Gasteiger partial charge in [0.15, 0.2) is 0 Å². The molecule has 0 aliphatic rings. The quantitative estimate of drug-likeness (QED) is 0.733. The Hall–Kier alpha value is -1.12. The molecule has 1 rings (SSSR count). The molecule has 0 heterocycles. The van der Waals surface area contributed by atoms with E-state index in [2.05, 4.69) is 49.4 Å². The summed E-state index contributed by atoms with van der Waals surface area (Å²) in [6, 6.07) is 6.43. The van der Waals surface area contributed by atoms with Gasteiger partial charge in [-0.05, 0) is 37.5 Å². The van der Waals surface area contributed by atoms with Gasteiger partial charge in [-0.1, -0.05) is 44.2 Å². The Morgan fingerprint density at radius 1 is 1.19 bits per heavy atom. The van der Waals surface area contributed by atoms with E-state index in [0.717, 1.165) is 5.57 Å². The second-order valence-corrected chi connectivity index (χ2v) is 3.32. The molecule has 1 aromatic rings. The van der Waals surface area contributed by atoms with Crippen molar-refractivity contribution in [2.24, 2.45) is 5.90 Å². The molecule has 16 heavy (non-hydrogen) atoms. The first kappa shape index (κ1) is 17.3. The van der Waals surface area contributed by atoms with Crippen LogP contribution in [0.2, 0.25) is 0 Å². The van der Waals surface area contributed by atoms with Crippen molar-refractivity contribution in [2.75, 3.05) is 7.11 Å². The van der Waals surface area contributed by atoms with Gasteiger partial charge in [-0.25, -0.2) is 5.90 Å². The van der Waals surface area contributed by atoms with Gasteiger partial charge < -0.3 is 4.84 Å². The van der Waals surface area contributed by atoms with Crippen LogP contribution >= 0.6 is 0 Å². The lowest BCUT2D eigenvalue weighted by Crippen LogP contribution is -1.86. The molecule has 2 N–H and O–H groups in total. The molecular formula is C14H25NO. The predicted octanol–water partition coefficient (Wildman–Crippen LogP) is 3.87. The second kappa shape index (κ2) is 10.4. The van der Waals surface area contributed by atoms with Crippen LogP contribution in [0.25, 0.3) is 5.57 Å². The molecule has 0 radical (unpaired) electrons. The molecule has 0 saturated heterocycles. The van der Waals surface area contributed by atoms with Gasteiger partial charge in [0.1, 0.15) is 0 Å². The summed E-state index contributed by atoms with van der Waals surface area (Å²) in [6.07, 6.45) is 0. The van der Waals surface area contributed by atoms with Crippen LogP contribution in [0.4, 0.5) is 0 Å². The van der Waals surface area contributed by atoms with Gasteiger partial charge in [0.25, 0.3) is 0 Å². The van der Waals surface area contributed by atoms with Crippen LogP contribution in [0.3, 0.4) is 0 Å². The van der Waals surface area contributed by atoms with Gasteiger partial charge in [0.2, 0.25) is 0 Å². The highest BCUT2D eigenvalue weighted by Crippen LogP contribution is 2.15. The molecule has 1 aromatic carbocycles. The molecule has 0 spiro atoms.